The Labute approximate surface area is 206 Å². The van der Waals surface area contributed by atoms with Crippen molar-refractivity contribution in [3.8, 4) is 16.9 Å². The average molecular weight is 508 g/mol. The summed E-state index contributed by atoms with van der Waals surface area (Å²) >= 11 is 12.4. The molecule has 3 aromatic rings. The lowest BCUT2D eigenvalue weighted by atomic mass is 10.1. The normalized spacial score (nSPS) is 15.1. The lowest BCUT2D eigenvalue weighted by molar-refractivity contribution is -0.138. The molecule has 0 bridgehead atoms. The van der Waals surface area contributed by atoms with Gasteiger partial charge in [-0.3, -0.25) is 9.48 Å². The number of carbonyl (C=O) groups is 1. The first-order valence-corrected chi connectivity index (χ1v) is 11.6. The fourth-order valence-corrected chi connectivity index (χ4v) is 4.49. The minimum absolute atomic E-state index is 0.123. The highest BCUT2D eigenvalue weighted by molar-refractivity contribution is 6.36. The van der Waals surface area contributed by atoms with Crippen LogP contribution in [0.4, 0.5) is 10.2 Å². The van der Waals surface area contributed by atoms with Crippen LogP contribution < -0.4 is 15.5 Å². The largest absolute Gasteiger partial charge is 0.482 e. The number of nitrogens with one attached hydrogen (secondary N) is 2. The maximum absolute atomic E-state index is 14.0. The molecular formula is C23H24Cl2FN5O3. The lowest BCUT2D eigenvalue weighted by Gasteiger charge is -2.22. The number of halogens is 3. The zero-order valence-electron chi connectivity index (χ0n) is 18.6. The van der Waals surface area contributed by atoms with E-state index >= 15 is 0 Å². The summed E-state index contributed by atoms with van der Waals surface area (Å²) in [5.41, 5.74) is 4.38. The first-order valence-electron chi connectivity index (χ1n) is 10.8. The summed E-state index contributed by atoms with van der Waals surface area (Å²) in [6.07, 6.45) is 6.64. The van der Waals surface area contributed by atoms with Crippen molar-refractivity contribution in [2.75, 3.05) is 18.6 Å². The summed E-state index contributed by atoms with van der Waals surface area (Å²) in [7, 11) is 0. The maximum atomic E-state index is 14.0. The van der Waals surface area contributed by atoms with Gasteiger partial charge in [0.05, 0.1) is 17.3 Å². The minimum atomic E-state index is -0.733. The summed E-state index contributed by atoms with van der Waals surface area (Å²) in [5.74, 6) is -0.728. The number of piperidine rings is 1. The Morgan fingerprint density at radius 2 is 2.03 bits per heavy atom. The molecule has 8 nitrogen and oxygen atoms in total. The molecule has 0 unspecified atom stereocenters. The summed E-state index contributed by atoms with van der Waals surface area (Å²) in [6, 6.07) is 4.68. The fourth-order valence-electron chi connectivity index (χ4n) is 3.81. The molecule has 0 aliphatic carbocycles. The van der Waals surface area contributed by atoms with E-state index in [9.17, 15) is 9.18 Å². The molecule has 0 spiro atoms. The standard InChI is InChI=1S/C23H24Cl2FN5O3/c1-13(21-18(24)3-4-19(26)22(21)25)33-20-9-15(10-28-23(20)30-34-14(2)32)16-11-29-31(12-16)17-5-7-27-8-6-17/h3-4,9-13,17,27H,5-8H2,1-2H3,(H,28,30)/t13-/m1/s1. The Hall–Kier alpha value is -2.88. The molecule has 1 aromatic carbocycles. The fraction of sp³-hybridized carbons (Fsp3) is 0.348. The molecule has 34 heavy (non-hydrogen) atoms. The lowest BCUT2D eigenvalue weighted by Crippen LogP contribution is -2.29. The molecule has 0 radical (unpaired) electrons. The molecule has 1 aliphatic heterocycles. The number of aromatic nitrogens is 3. The van der Waals surface area contributed by atoms with Crippen molar-refractivity contribution < 1.29 is 18.8 Å². The highest BCUT2D eigenvalue weighted by Gasteiger charge is 2.22. The van der Waals surface area contributed by atoms with Crippen LogP contribution in [-0.4, -0.2) is 33.8 Å². The van der Waals surface area contributed by atoms with E-state index in [1.807, 2.05) is 10.9 Å². The van der Waals surface area contributed by atoms with Gasteiger partial charge in [0, 0.05) is 41.0 Å². The van der Waals surface area contributed by atoms with Crippen LogP contribution in [0.25, 0.3) is 11.1 Å². The Balaban J connectivity index is 1.64. The second-order valence-corrected chi connectivity index (χ2v) is 8.76. The third-order valence-electron chi connectivity index (χ3n) is 5.55. The van der Waals surface area contributed by atoms with Gasteiger partial charge >= 0.3 is 5.97 Å². The Morgan fingerprint density at radius 3 is 2.76 bits per heavy atom. The zero-order chi connectivity index (χ0) is 24.2. The van der Waals surface area contributed by atoms with Crippen molar-refractivity contribution in [1.82, 2.24) is 20.1 Å². The topological polar surface area (TPSA) is 90.3 Å². The van der Waals surface area contributed by atoms with Crippen molar-refractivity contribution in [3.63, 3.8) is 0 Å². The number of hydrogen-bond donors (Lipinski definition) is 2. The molecular weight excluding hydrogens is 484 g/mol. The van der Waals surface area contributed by atoms with Crippen molar-refractivity contribution in [2.24, 2.45) is 0 Å². The van der Waals surface area contributed by atoms with Gasteiger partial charge in [0.15, 0.2) is 5.75 Å². The summed E-state index contributed by atoms with van der Waals surface area (Å²) in [4.78, 5) is 20.5. The first-order chi connectivity index (χ1) is 16.3. The van der Waals surface area contributed by atoms with E-state index in [1.54, 1.807) is 25.4 Å². The number of pyridine rings is 1. The number of anilines is 1. The summed E-state index contributed by atoms with van der Waals surface area (Å²) in [6.45, 7) is 4.86. The number of rotatable bonds is 7. The van der Waals surface area contributed by atoms with Crippen LogP contribution in [0.5, 0.6) is 5.75 Å². The van der Waals surface area contributed by atoms with Gasteiger partial charge in [0.2, 0.25) is 5.82 Å². The number of carbonyl (C=O) groups excluding carboxylic acids is 1. The molecule has 0 amide bonds. The van der Waals surface area contributed by atoms with Crippen LogP contribution in [0.2, 0.25) is 10.0 Å². The van der Waals surface area contributed by atoms with Crippen LogP contribution in [-0.2, 0) is 9.63 Å². The second kappa shape index (κ2) is 10.6. The maximum Gasteiger partial charge on any atom is 0.329 e. The molecule has 1 aliphatic rings. The van der Waals surface area contributed by atoms with Crippen molar-refractivity contribution >= 4 is 35.0 Å². The third kappa shape index (κ3) is 5.43. The van der Waals surface area contributed by atoms with Crippen LogP contribution in [0.3, 0.4) is 0 Å². The molecule has 11 heteroatoms. The average Bonchev–Trinajstić information content (AvgIpc) is 3.32. The van der Waals surface area contributed by atoms with E-state index in [1.165, 1.54) is 19.1 Å². The van der Waals surface area contributed by atoms with Crippen molar-refractivity contribution in [2.45, 2.75) is 38.8 Å². The smallest absolute Gasteiger partial charge is 0.329 e. The first kappa shape index (κ1) is 24.3. The summed E-state index contributed by atoms with van der Waals surface area (Å²) < 4.78 is 22.1. The highest BCUT2D eigenvalue weighted by Crippen LogP contribution is 2.37. The molecule has 2 N–H and O–H groups in total. The summed E-state index contributed by atoms with van der Waals surface area (Å²) in [5, 5.41) is 8.02. The number of nitrogens with zero attached hydrogens (tertiary/aromatic N) is 3. The van der Waals surface area contributed by atoms with Crippen LogP contribution in [0, 0.1) is 5.82 Å². The SMILES string of the molecule is CC(=O)ONc1ncc(-c2cnn(C3CCNCC3)c2)cc1O[C@H](C)c1c(Cl)ccc(F)c1Cl. The highest BCUT2D eigenvalue weighted by atomic mass is 35.5. The number of ether oxygens (including phenoxy) is 1. The van der Waals surface area contributed by atoms with E-state index in [0.717, 1.165) is 37.1 Å². The molecule has 1 atom stereocenters. The molecule has 3 heterocycles. The quantitative estimate of drug-likeness (QED) is 0.329. The van der Waals surface area contributed by atoms with E-state index in [2.05, 4.69) is 20.9 Å². The third-order valence-corrected chi connectivity index (χ3v) is 6.27. The van der Waals surface area contributed by atoms with Gasteiger partial charge in [-0.05, 0) is 51.1 Å². The van der Waals surface area contributed by atoms with Gasteiger partial charge in [-0.1, -0.05) is 23.2 Å². The minimum Gasteiger partial charge on any atom is -0.482 e. The zero-order valence-corrected chi connectivity index (χ0v) is 20.2. The number of benzene rings is 1. The van der Waals surface area contributed by atoms with Gasteiger partial charge in [-0.25, -0.2) is 9.37 Å². The Morgan fingerprint density at radius 1 is 1.26 bits per heavy atom. The van der Waals surface area contributed by atoms with Gasteiger partial charge in [-0.2, -0.15) is 10.6 Å². The molecule has 1 saturated heterocycles. The van der Waals surface area contributed by atoms with Gasteiger partial charge < -0.3 is 14.9 Å². The van der Waals surface area contributed by atoms with E-state index in [4.69, 9.17) is 32.8 Å². The number of hydrogen-bond acceptors (Lipinski definition) is 7. The van der Waals surface area contributed by atoms with Gasteiger partial charge in [0.1, 0.15) is 11.9 Å². The molecule has 2 aromatic heterocycles. The van der Waals surface area contributed by atoms with E-state index in [-0.39, 0.29) is 21.6 Å². The van der Waals surface area contributed by atoms with E-state index < -0.39 is 17.9 Å². The van der Waals surface area contributed by atoms with Crippen LogP contribution >= 0.6 is 23.2 Å². The molecule has 180 valence electrons. The van der Waals surface area contributed by atoms with Crippen molar-refractivity contribution in [3.05, 3.63) is 58.2 Å². The molecule has 4 rings (SSSR count). The van der Waals surface area contributed by atoms with Gasteiger partial charge in [-0.15, -0.1) is 0 Å². The second-order valence-electron chi connectivity index (χ2n) is 7.97. The molecule has 0 saturated carbocycles. The predicted molar refractivity (Wildman–Crippen MR) is 127 cm³/mol. The monoisotopic (exact) mass is 507 g/mol. The van der Waals surface area contributed by atoms with Crippen molar-refractivity contribution in [1.29, 1.82) is 0 Å². The van der Waals surface area contributed by atoms with E-state index in [0.29, 0.717) is 11.6 Å². The van der Waals surface area contributed by atoms with Gasteiger partial charge in [0.25, 0.3) is 0 Å². The van der Waals surface area contributed by atoms with Crippen LogP contribution in [0.1, 0.15) is 44.4 Å². The van der Waals surface area contributed by atoms with Crippen LogP contribution in [0.15, 0.2) is 36.8 Å². The predicted octanol–water partition coefficient (Wildman–Crippen LogP) is 5.35. The molecule has 1 fully saturated rings. The Bertz CT molecular complexity index is 1180. The Kier molecular flexibility index (Phi) is 7.55.